The summed E-state index contributed by atoms with van der Waals surface area (Å²) in [6.45, 7) is 1.40. The lowest BCUT2D eigenvalue weighted by molar-refractivity contribution is 0.102. The number of hydrogen-bond donors (Lipinski definition) is 1. The Balaban J connectivity index is 2.30. The van der Waals surface area contributed by atoms with Crippen molar-refractivity contribution in [1.29, 1.82) is 0 Å². The minimum absolute atomic E-state index is 0.121. The fourth-order valence-electron chi connectivity index (χ4n) is 1.61. The van der Waals surface area contributed by atoms with Crippen LogP contribution < -0.4 is 5.32 Å². The highest BCUT2D eigenvalue weighted by Crippen LogP contribution is 2.21. The first-order valence-electron chi connectivity index (χ1n) is 5.60. The molecule has 0 radical (unpaired) electrons. The van der Waals surface area contributed by atoms with E-state index in [1.165, 1.54) is 19.1 Å². The molecule has 0 fully saturated rings. The Morgan fingerprint density at radius 1 is 1.05 bits per heavy atom. The number of anilines is 1. The maximum Gasteiger partial charge on any atom is 0.258 e. The minimum atomic E-state index is -0.850. The predicted molar refractivity (Wildman–Crippen MR) is 73.1 cm³/mol. The smallest absolute Gasteiger partial charge is 0.258 e. The van der Waals surface area contributed by atoms with Gasteiger partial charge in [0.15, 0.2) is 0 Å². The van der Waals surface area contributed by atoms with Crippen LogP contribution in [0, 0.1) is 24.4 Å². The second-order valence-corrected chi connectivity index (χ2v) is 5.08. The van der Waals surface area contributed by atoms with E-state index in [0.717, 1.165) is 18.2 Å². The summed E-state index contributed by atoms with van der Waals surface area (Å²) < 4.78 is 41.0. The van der Waals surface area contributed by atoms with Gasteiger partial charge in [0.1, 0.15) is 17.5 Å². The zero-order chi connectivity index (χ0) is 14.9. The third-order valence-corrected chi connectivity index (χ3v) is 3.17. The zero-order valence-corrected chi connectivity index (χ0v) is 11.9. The van der Waals surface area contributed by atoms with E-state index in [0.29, 0.717) is 4.47 Å². The molecule has 0 heterocycles. The molecule has 0 aliphatic carbocycles. The fourth-order valence-corrected chi connectivity index (χ4v) is 1.94. The molecule has 0 atom stereocenters. The molecule has 20 heavy (non-hydrogen) atoms. The summed E-state index contributed by atoms with van der Waals surface area (Å²) in [4.78, 5) is 11.8. The van der Waals surface area contributed by atoms with Crippen molar-refractivity contribution >= 4 is 27.5 Å². The van der Waals surface area contributed by atoms with Crippen LogP contribution in [0.5, 0.6) is 0 Å². The van der Waals surface area contributed by atoms with Crippen LogP contribution in [-0.4, -0.2) is 5.91 Å². The van der Waals surface area contributed by atoms with Crippen molar-refractivity contribution < 1.29 is 18.0 Å². The second kappa shape index (κ2) is 5.66. The number of hydrogen-bond acceptors (Lipinski definition) is 1. The first kappa shape index (κ1) is 14.6. The number of benzene rings is 2. The van der Waals surface area contributed by atoms with Gasteiger partial charge in [-0.25, -0.2) is 13.2 Å². The van der Waals surface area contributed by atoms with Crippen molar-refractivity contribution in [2.75, 3.05) is 5.32 Å². The molecule has 0 aliphatic rings. The highest BCUT2D eigenvalue weighted by atomic mass is 79.9. The standard InChI is InChI=1S/C14H9BrF3NO/c1-7-4-12(18)13(6-10(7)16)19-14(20)9-3-2-8(15)5-11(9)17/h2-6H,1H3,(H,19,20). The number of aryl methyl sites for hydroxylation is 1. The topological polar surface area (TPSA) is 29.1 Å². The summed E-state index contributed by atoms with van der Waals surface area (Å²) in [7, 11) is 0. The lowest BCUT2D eigenvalue weighted by atomic mass is 10.1. The number of nitrogens with one attached hydrogen (secondary N) is 1. The molecule has 104 valence electrons. The lowest BCUT2D eigenvalue weighted by Crippen LogP contribution is -2.15. The van der Waals surface area contributed by atoms with Crippen LogP contribution in [0.4, 0.5) is 18.9 Å². The molecule has 2 nitrogen and oxygen atoms in total. The molecule has 0 aromatic heterocycles. The quantitative estimate of drug-likeness (QED) is 0.858. The molecule has 0 spiro atoms. The van der Waals surface area contributed by atoms with E-state index in [4.69, 9.17) is 0 Å². The van der Waals surface area contributed by atoms with Gasteiger partial charge in [-0.2, -0.15) is 0 Å². The maximum atomic E-state index is 13.6. The van der Waals surface area contributed by atoms with Crippen LogP contribution in [0.3, 0.4) is 0 Å². The molecule has 0 unspecified atom stereocenters. The number of carbonyl (C=O) groups excluding carboxylic acids is 1. The van der Waals surface area contributed by atoms with E-state index >= 15 is 0 Å². The van der Waals surface area contributed by atoms with Crippen LogP contribution in [0.15, 0.2) is 34.8 Å². The average molecular weight is 344 g/mol. The summed E-state index contributed by atoms with van der Waals surface area (Å²) >= 11 is 3.06. The Morgan fingerprint density at radius 2 is 1.75 bits per heavy atom. The van der Waals surface area contributed by atoms with E-state index in [1.807, 2.05) is 0 Å². The van der Waals surface area contributed by atoms with Gasteiger partial charge in [-0.3, -0.25) is 4.79 Å². The molecule has 1 amide bonds. The normalized spacial score (nSPS) is 10.4. The number of halogens is 4. The Morgan fingerprint density at radius 3 is 2.40 bits per heavy atom. The molecule has 0 saturated heterocycles. The van der Waals surface area contributed by atoms with Crippen molar-refractivity contribution in [3.8, 4) is 0 Å². The van der Waals surface area contributed by atoms with Gasteiger partial charge >= 0.3 is 0 Å². The number of rotatable bonds is 2. The molecule has 2 aromatic carbocycles. The van der Waals surface area contributed by atoms with Gasteiger partial charge in [0.25, 0.3) is 5.91 Å². The first-order valence-corrected chi connectivity index (χ1v) is 6.40. The predicted octanol–water partition coefficient (Wildman–Crippen LogP) is 4.43. The number of carbonyl (C=O) groups is 1. The fraction of sp³-hybridized carbons (Fsp3) is 0.0714. The molecule has 6 heteroatoms. The largest absolute Gasteiger partial charge is 0.319 e. The first-order chi connectivity index (χ1) is 9.38. The van der Waals surface area contributed by atoms with Crippen LogP contribution in [0.1, 0.15) is 15.9 Å². The number of amides is 1. The van der Waals surface area contributed by atoms with Crippen LogP contribution >= 0.6 is 15.9 Å². The SMILES string of the molecule is Cc1cc(F)c(NC(=O)c2ccc(Br)cc2F)cc1F. The van der Waals surface area contributed by atoms with Crippen molar-refractivity contribution in [2.24, 2.45) is 0 Å². The van der Waals surface area contributed by atoms with Crippen molar-refractivity contribution in [2.45, 2.75) is 6.92 Å². The highest BCUT2D eigenvalue weighted by Gasteiger charge is 2.15. The van der Waals surface area contributed by atoms with Gasteiger partial charge in [0, 0.05) is 10.5 Å². The summed E-state index contributed by atoms with van der Waals surface area (Å²) in [6.07, 6.45) is 0. The molecule has 2 aromatic rings. The molecule has 1 N–H and O–H groups in total. The van der Waals surface area contributed by atoms with Crippen LogP contribution in [0.25, 0.3) is 0 Å². The minimum Gasteiger partial charge on any atom is -0.319 e. The van der Waals surface area contributed by atoms with E-state index in [-0.39, 0.29) is 16.8 Å². The Kier molecular flexibility index (Phi) is 4.13. The van der Waals surface area contributed by atoms with Gasteiger partial charge in [-0.05, 0) is 36.8 Å². The third kappa shape index (κ3) is 3.01. The second-order valence-electron chi connectivity index (χ2n) is 4.16. The van der Waals surface area contributed by atoms with E-state index in [2.05, 4.69) is 21.2 Å². The Labute approximate surface area is 121 Å². The van der Waals surface area contributed by atoms with Gasteiger partial charge in [0.2, 0.25) is 0 Å². The van der Waals surface area contributed by atoms with Crippen molar-refractivity contribution in [3.63, 3.8) is 0 Å². The van der Waals surface area contributed by atoms with Gasteiger partial charge in [-0.1, -0.05) is 15.9 Å². The molecular formula is C14H9BrF3NO. The molecule has 0 aliphatic heterocycles. The van der Waals surface area contributed by atoms with E-state index < -0.39 is 23.4 Å². The maximum absolute atomic E-state index is 13.6. The summed E-state index contributed by atoms with van der Waals surface area (Å²) in [5.74, 6) is -3.05. The van der Waals surface area contributed by atoms with Gasteiger partial charge in [-0.15, -0.1) is 0 Å². The van der Waals surface area contributed by atoms with Crippen LogP contribution in [0.2, 0.25) is 0 Å². The monoisotopic (exact) mass is 343 g/mol. The molecule has 0 saturated carbocycles. The van der Waals surface area contributed by atoms with E-state index in [9.17, 15) is 18.0 Å². The lowest BCUT2D eigenvalue weighted by Gasteiger charge is -2.08. The van der Waals surface area contributed by atoms with Crippen LogP contribution in [-0.2, 0) is 0 Å². The summed E-state index contributed by atoms with van der Waals surface area (Å²) in [5, 5.41) is 2.15. The Bertz CT molecular complexity index is 688. The molecular weight excluding hydrogens is 335 g/mol. The molecule has 2 rings (SSSR count). The average Bonchev–Trinajstić information content (AvgIpc) is 2.35. The zero-order valence-electron chi connectivity index (χ0n) is 10.3. The van der Waals surface area contributed by atoms with Gasteiger partial charge < -0.3 is 5.32 Å². The van der Waals surface area contributed by atoms with E-state index in [1.54, 1.807) is 0 Å². The summed E-state index contributed by atoms with van der Waals surface area (Å²) in [6, 6.07) is 5.66. The van der Waals surface area contributed by atoms with Crippen molar-refractivity contribution in [1.82, 2.24) is 0 Å². The third-order valence-electron chi connectivity index (χ3n) is 2.67. The highest BCUT2D eigenvalue weighted by molar-refractivity contribution is 9.10. The Hall–Kier alpha value is -1.82. The van der Waals surface area contributed by atoms with Crippen molar-refractivity contribution in [3.05, 3.63) is 63.4 Å². The summed E-state index contributed by atoms with van der Waals surface area (Å²) in [5.41, 5.74) is -0.468. The molecule has 0 bridgehead atoms. The van der Waals surface area contributed by atoms with Gasteiger partial charge in [0.05, 0.1) is 11.3 Å².